The van der Waals surface area contributed by atoms with Crippen LogP contribution >= 0.6 is 0 Å². The molecule has 2 aromatic carbocycles. The van der Waals surface area contributed by atoms with Crippen molar-refractivity contribution < 1.29 is 9.66 Å². The largest absolute Gasteiger partial charge is 0.497 e. The summed E-state index contributed by atoms with van der Waals surface area (Å²) in [5, 5.41) is 15.9. The lowest BCUT2D eigenvalue weighted by molar-refractivity contribution is -0.384. The molecule has 0 bridgehead atoms. The second kappa shape index (κ2) is 7.64. The van der Waals surface area contributed by atoms with E-state index in [0.29, 0.717) is 6.04 Å². The number of aromatic amines is 1. The van der Waals surface area contributed by atoms with Gasteiger partial charge in [-0.25, -0.2) is 0 Å². The quantitative estimate of drug-likeness (QED) is 0.481. The highest BCUT2D eigenvalue weighted by atomic mass is 16.6. The topological polar surface area (TPSA) is 80.2 Å². The van der Waals surface area contributed by atoms with E-state index in [1.807, 2.05) is 18.2 Å². The zero-order chi connectivity index (χ0) is 19.7. The van der Waals surface area contributed by atoms with Crippen molar-refractivity contribution in [1.82, 2.24) is 10.3 Å². The lowest BCUT2D eigenvalue weighted by atomic mass is 9.91. The number of hydrogen-bond acceptors (Lipinski definition) is 4. The summed E-state index contributed by atoms with van der Waals surface area (Å²) < 4.78 is 5.22. The second-order valence-corrected chi connectivity index (χ2v) is 7.57. The highest BCUT2D eigenvalue weighted by Gasteiger charge is 2.26. The van der Waals surface area contributed by atoms with Crippen molar-refractivity contribution in [1.29, 1.82) is 0 Å². The first-order chi connectivity index (χ1) is 13.5. The molecule has 0 amide bonds. The molecule has 0 saturated carbocycles. The van der Waals surface area contributed by atoms with Gasteiger partial charge in [0.05, 0.1) is 12.0 Å². The zero-order valence-electron chi connectivity index (χ0n) is 16.2. The van der Waals surface area contributed by atoms with E-state index in [9.17, 15) is 10.1 Å². The standard InChI is InChI=1S/C22H25N3O3/c1-14(12-15-6-9-17(28-2)10-7-15)23-21-5-3-4-18-19-13-16(25(26)27)8-11-20(19)24-22(18)21/h6-11,13-14,21,23-24H,3-5,12H2,1-2H3/t14-,21-/m0/s1. The van der Waals surface area contributed by atoms with Crippen molar-refractivity contribution in [2.75, 3.05) is 7.11 Å². The van der Waals surface area contributed by atoms with Crippen molar-refractivity contribution >= 4 is 16.6 Å². The average molecular weight is 379 g/mol. The molecule has 2 N–H and O–H groups in total. The number of methoxy groups -OCH3 is 1. The van der Waals surface area contributed by atoms with Crippen LogP contribution in [0.15, 0.2) is 42.5 Å². The lowest BCUT2D eigenvalue weighted by Gasteiger charge is -2.27. The first kappa shape index (κ1) is 18.5. The number of hydrogen-bond donors (Lipinski definition) is 2. The maximum absolute atomic E-state index is 11.1. The van der Waals surface area contributed by atoms with Gasteiger partial charge in [-0.3, -0.25) is 10.1 Å². The number of non-ortho nitro benzene ring substituents is 1. The maximum atomic E-state index is 11.1. The molecule has 4 rings (SSSR count). The molecule has 28 heavy (non-hydrogen) atoms. The van der Waals surface area contributed by atoms with Crippen LogP contribution in [0.3, 0.4) is 0 Å². The van der Waals surface area contributed by atoms with E-state index in [2.05, 4.69) is 29.4 Å². The molecule has 0 aliphatic heterocycles. The van der Waals surface area contributed by atoms with Crippen LogP contribution < -0.4 is 10.1 Å². The smallest absolute Gasteiger partial charge is 0.270 e. The van der Waals surface area contributed by atoms with Crippen LogP contribution in [-0.4, -0.2) is 23.1 Å². The van der Waals surface area contributed by atoms with E-state index in [1.54, 1.807) is 19.2 Å². The number of ether oxygens (including phenoxy) is 1. The SMILES string of the molecule is COc1ccc(C[C@H](C)N[C@H]2CCCc3c2[nH]c2ccc([N+](=O)[O-])cc32)cc1. The monoisotopic (exact) mass is 379 g/mol. The number of nitrogens with one attached hydrogen (secondary N) is 2. The molecule has 1 aliphatic rings. The molecule has 3 aromatic rings. The van der Waals surface area contributed by atoms with E-state index in [1.165, 1.54) is 16.8 Å². The molecule has 1 aromatic heterocycles. The molecule has 146 valence electrons. The van der Waals surface area contributed by atoms with Gasteiger partial charge in [0.2, 0.25) is 0 Å². The van der Waals surface area contributed by atoms with Gasteiger partial charge in [0, 0.05) is 40.8 Å². The van der Waals surface area contributed by atoms with Crippen molar-refractivity contribution in [2.24, 2.45) is 0 Å². The van der Waals surface area contributed by atoms with Crippen molar-refractivity contribution in [2.45, 2.75) is 44.7 Å². The molecule has 0 radical (unpaired) electrons. The normalized spacial score (nSPS) is 17.3. The fourth-order valence-corrected chi connectivity index (χ4v) is 4.25. The lowest BCUT2D eigenvalue weighted by Crippen LogP contribution is -2.34. The summed E-state index contributed by atoms with van der Waals surface area (Å²) in [7, 11) is 1.68. The third kappa shape index (κ3) is 3.60. The number of nitro benzene ring substituents is 1. The maximum Gasteiger partial charge on any atom is 0.270 e. The van der Waals surface area contributed by atoms with E-state index < -0.39 is 0 Å². The van der Waals surface area contributed by atoms with Gasteiger partial charge in [0.25, 0.3) is 5.69 Å². The Labute approximate surface area is 164 Å². The molecule has 6 nitrogen and oxygen atoms in total. The fourth-order valence-electron chi connectivity index (χ4n) is 4.25. The Morgan fingerprint density at radius 3 is 2.79 bits per heavy atom. The highest BCUT2D eigenvalue weighted by Crippen LogP contribution is 2.36. The van der Waals surface area contributed by atoms with Crippen LogP contribution in [-0.2, 0) is 12.8 Å². The summed E-state index contributed by atoms with van der Waals surface area (Å²) in [6, 6.07) is 13.8. The minimum absolute atomic E-state index is 0.150. The molecule has 0 saturated heterocycles. The third-order valence-electron chi connectivity index (χ3n) is 5.59. The summed E-state index contributed by atoms with van der Waals surface area (Å²) in [6.07, 6.45) is 4.04. The Kier molecular flexibility index (Phi) is 5.05. The number of rotatable bonds is 6. The molecular weight excluding hydrogens is 354 g/mol. The first-order valence-electron chi connectivity index (χ1n) is 9.73. The van der Waals surface area contributed by atoms with Crippen molar-refractivity contribution in [3.8, 4) is 5.75 Å². The summed E-state index contributed by atoms with van der Waals surface area (Å²) in [4.78, 5) is 14.3. The Morgan fingerprint density at radius 2 is 2.07 bits per heavy atom. The summed E-state index contributed by atoms with van der Waals surface area (Å²) >= 11 is 0. The number of H-pyrrole nitrogens is 1. The first-order valence-corrected chi connectivity index (χ1v) is 9.73. The number of aryl methyl sites for hydroxylation is 1. The Bertz CT molecular complexity index is 994. The minimum Gasteiger partial charge on any atom is -0.497 e. The van der Waals surface area contributed by atoms with Crippen molar-refractivity contribution in [3.05, 3.63) is 69.4 Å². The van der Waals surface area contributed by atoms with Gasteiger partial charge in [0.15, 0.2) is 0 Å². The van der Waals surface area contributed by atoms with E-state index in [-0.39, 0.29) is 16.7 Å². The minimum atomic E-state index is -0.325. The Hall–Kier alpha value is -2.86. The third-order valence-corrected chi connectivity index (χ3v) is 5.59. The van der Waals surface area contributed by atoms with Crippen LogP contribution in [0.2, 0.25) is 0 Å². The van der Waals surface area contributed by atoms with Gasteiger partial charge in [-0.05, 0) is 61.9 Å². The molecule has 6 heteroatoms. The highest BCUT2D eigenvalue weighted by molar-refractivity contribution is 5.87. The van der Waals surface area contributed by atoms with E-state index >= 15 is 0 Å². The average Bonchev–Trinajstić information content (AvgIpc) is 3.07. The zero-order valence-corrected chi connectivity index (χ0v) is 16.2. The van der Waals surface area contributed by atoms with Gasteiger partial charge < -0.3 is 15.0 Å². The van der Waals surface area contributed by atoms with Crippen molar-refractivity contribution in [3.63, 3.8) is 0 Å². The van der Waals surface area contributed by atoms with Crippen LogP contribution in [0.25, 0.3) is 10.9 Å². The molecule has 0 unspecified atom stereocenters. The van der Waals surface area contributed by atoms with Gasteiger partial charge in [-0.15, -0.1) is 0 Å². The van der Waals surface area contributed by atoms with E-state index in [0.717, 1.165) is 42.3 Å². The predicted molar refractivity (Wildman–Crippen MR) is 110 cm³/mol. The Balaban J connectivity index is 1.53. The van der Waals surface area contributed by atoms with Crippen LogP contribution in [0.1, 0.15) is 42.6 Å². The molecule has 2 atom stereocenters. The van der Waals surface area contributed by atoms with Crippen LogP contribution in [0, 0.1) is 10.1 Å². The number of fused-ring (bicyclic) bond motifs is 3. The van der Waals surface area contributed by atoms with Crippen LogP contribution in [0.5, 0.6) is 5.75 Å². The number of nitrogens with zero attached hydrogens (tertiary/aromatic N) is 1. The summed E-state index contributed by atoms with van der Waals surface area (Å²) in [5.41, 5.74) is 4.80. The number of nitro groups is 1. The summed E-state index contributed by atoms with van der Waals surface area (Å²) in [6.45, 7) is 2.20. The van der Waals surface area contributed by atoms with Crippen LogP contribution in [0.4, 0.5) is 5.69 Å². The number of benzene rings is 2. The predicted octanol–water partition coefficient (Wildman–Crippen LogP) is 4.68. The van der Waals surface area contributed by atoms with Gasteiger partial charge >= 0.3 is 0 Å². The van der Waals surface area contributed by atoms with Gasteiger partial charge in [-0.1, -0.05) is 12.1 Å². The molecular formula is C22H25N3O3. The van der Waals surface area contributed by atoms with Gasteiger partial charge in [-0.2, -0.15) is 0 Å². The fraction of sp³-hybridized carbons (Fsp3) is 0.364. The molecule has 0 fully saturated rings. The van der Waals surface area contributed by atoms with E-state index in [4.69, 9.17) is 4.74 Å². The summed E-state index contributed by atoms with van der Waals surface area (Å²) in [5.74, 6) is 0.869. The molecule has 0 spiro atoms. The second-order valence-electron chi connectivity index (χ2n) is 7.57. The van der Waals surface area contributed by atoms with Gasteiger partial charge in [0.1, 0.15) is 5.75 Å². The molecule has 1 heterocycles. The number of aromatic nitrogens is 1. The Morgan fingerprint density at radius 1 is 1.29 bits per heavy atom. The molecule has 1 aliphatic carbocycles.